The maximum Gasteiger partial charge on any atom is 0.255 e. The molecule has 0 spiro atoms. The topological polar surface area (TPSA) is 60.1 Å². The summed E-state index contributed by atoms with van der Waals surface area (Å²) < 4.78 is 3.43. The van der Waals surface area contributed by atoms with Crippen LogP contribution in [0.3, 0.4) is 0 Å². The number of carbonyl (C=O) groups excluding carboxylic acids is 1. The highest BCUT2D eigenvalue weighted by molar-refractivity contribution is 5.94. The first-order chi connectivity index (χ1) is 10.5. The van der Waals surface area contributed by atoms with E-state index in [0.29, 0.717) is 5.56 Å². The van der Waals surface area contributed by atoms with Gasteiger partial charge in [0.2, 0.25) is 5.56 Å². The van der Waals surface area contributed by atoms with Gasteiger partial charge in [0, 0.05) is 39.1 Å². The van der Waals surface area contributed by atoms with E-state index >= 15 is 0 Å². The molecule has 22 heavy (non-hydrogen) atoms. The van der Waals surface area contributed by atoms with Crippen molar-refractivity contribution in [3.8, 4) is 0 Å². The number of likely N-dealkylation sites (tertiary alicyclic amines) is 1. The van der Waals surface area contributed by atoms with Crippen LogP contribution in [-0.4, -0.2) is 31.5 Å². The molecule has 1 aliphatic rings. The van der Waals surface area contributed by atoms with Gasteiger partial charge in [-0.15, -0.1) is 0 Å². The van der Waals surface area contributed by atoms with Gasteiger partial charge in [-0.25, -0.2) is 4.98 Å². The van der Waals surface area contributed by atoms with Gasteiger partial charge >= 0.3 is 0 Å². The molecule has 0 radical (unpaired) electrons. The molecule has 2 aromatic rings. The molecule has 6 nitrogen and oxygen atoms in total. The van der Waals surface area contributed by atoms with E-state index in [2.05, 4.69) is 4.98 Å². The minimum atomic E-state index is -0.116. The average Bonchev–Trinajstić information content (AvgIpc) is 3.07. The Labute approximate surface area is 129 Å². The summed E-state index contributed by atoms with van der Waals surface area (Å²) in [5.41, 5.74) is 1.38. The number of hydrogen-bond donors (Lipinski definition) is 0. The fourth-order valence-electron chi connectivity index (χ4n) is 3.11. The van der Waals surface area contributed by atoms with Gasteiger partial charge in [-0.05, 0) is 25.8 Å². The summed E-state index contributed by atoms with van der Waals surface area (Å²) in [4.78, 5) is 30.7. The third-order valence-electron chi connectivity index (χ3n) is 4.18. The highest BCUT2D eigenvalue weighted by Crippen LogP contribution is 2.32. The Morgan fingerprint density at radius 1 is 1.23 bits per heavy atom. The Bertz CT molecular complexity index is 775. The summed E-state index contributed by atoms with van der Waals surface area (Å²) >= 11 is 0. The smallest absolute Gasteiger partial charge is 0.255 e. The van der Waals surface area contributed by atoms with Crippen LogP contribution in [0.2, 0.25) is 0 Å². The number of amides is 1. The zero-order chi connectivity index (χ0) is 15.9. The lowest BCUT2D eigenvalue weighted by atomic mass is 10.2. The molecule has 0 unspecified atom stereocenters. The number of rotatable bonds is 2. The van der Waals surface area contributed by atoms with E-state index < -0.39 is 0 Å². The predicted molar refractivity (Wildman–Crippen MR) is 82.6 cm³/mol. The van der Waals surface area contributed by atoms with Crippen LogP contribution in [0.1, 0.15) is 40.8 Å². The quantitative estimate of drug-likeness (QED) is 0.842. The largest absolute Gasteiger partial charge is 0.336 e. The summed E-state index contributed by atoms with van der Waals surface area (Å²) in [6.45, 7) is 2.68. The lowest BCUT2D eigenvalue weighted by Crippen LogP contribution is -2.32. The van der Waals surface area contributed by atoms with Gasteiger partial charge in [0.1, 0.15) is 5.82 Å². The monoisotopic (exact) mass is 300 g/mol. The molecule has 0 aliphatic carbocycles. The SMILES string of the molecule is Cc1cn(C)c([C@@H]2CCCN2C(=O)c2ccc(=O)n(C)c2)n1. The van der Waals surface area contributed by atoms with E-state index in [1.54, 1.807) is 19.3 Å². The maximum absolute atomic E-state index is 12.8. The van der Waals surface area contributed by atoms with E-state index in [4.69, 9.17) is 0 Å². The highest BCUT2D eigenvalue weighted by Gasteiger charge is 2.33. The molecule has 6 heteroatoms. The zero-order valence-electron chi connectivity index (χ0n) is 13.1. The molecular formula is C16H20N4O2. The highest BCUT2D eigenvalue weighted by atomic mass is 16.2. The van der Waals surface area contributed by atoms with E-state index in [0.717, 1.165) is 30.9 Å². The third kappa shape index (κ3) is 2.45. The first-order valence-electron chi connectivity index (χ1n) is 7.45. The second-order valence-electron chi connectivity index (χ2n) is 5.87. The predicted octanol–water partition coefficient (Wildman–Crippen LogP) is 1.40. The van der Waals surface area contributed by atoms with Crippen molar-refractivity contribution in [2.24, 2.45) is 14.1 Å². The normalized spacial score (nSPS) is 18.0. The van der Waals surface area contributed by atoms with Gasteiger partial charge in [0.05, 0.1) is 17.3 Å². The van der Waals surface area contributed by atoms with Crippen LogP contribution in [0.25, 0.3) is 0 Å². The van der Waals surface area contributed by atoms with Crippen molar-refractivity contribution in [2.75, 3.05) is 6.54 Å². The summed E-state index contributed by atoms with van der Waals surface area (Å²) in [5, 5.41) is 0. The van der Waals surface area contributed by atoms with Gasteiger partial charge in [-0.3, -0.25) is 9.59 Å². The Hall–Kier alpha value is -2.37. The molecule has 2 aromatic heterocycles. The first-order valence-corrected chi connectivity index (χ1v) is 7.45. The van der Waals surface area contributed by atoms with Crippen molar-refractivity contribution in [3.05, 3.63) is 52.0 Å². The Kier molecular flexibility index (Phi) is 3.60. The number of imidazole rings is 1. The van der Waals surface area contributed by atoms with Crippen molar-refractivity contribution >= 4 is 5.91 Å². The van der Waals surface area contributed by atoms with Crippen molar-refractivity contribution in [1.82, 2.24) is 19.0 Å². The number of carbonyl (C=O) groups is 1. The molecule has 0 saturated carbocycles. The number of aryl methyl sites for hydroxylation is 3. The first kappa shape index (κ1) is 14.6. The van der Waals surface area contributed by atoms with Gasteiger partial charge in [0.25, 0.3) is 5.91 Å². The third-order valence-corrected chi connectivity index (χ3v) is 4.18. The van der Waals surface area contributed by atoms with Crippen LogP contribution in [0.5, 0.6) is 0 Å². The molecule has 116 valence electrons. The van der Waals surface area contributed by atoms with Crippen LogP contribution in [0, 0.1) is 6.92 Å². The number of nitrogens with zero attached hydrogens (tertiary/aromatic N) is 4. The van der Waals surface area contributed by atoms with E-state index in [1.807, 2.05) is 29.6 Å². The van der Waals surface area contributed by atoms with Crippen LogP contribution < -0.4 is 5.56 Å². The molecule has 1 amide bonds. The lowest BCUT2D eigenvalue weighted by Gasteiger charge is -2.24. The Morgan fingerprint density at radius 2 is 2.00 bits per heavy atom. The van der Waals surface area contributed by atoms with Gasteiger partial charge in [-0.2, -0.15) is 0 Å². The van der Waals surface area contributed by atoms with Crippen molar-refractivity contribution < 1.29 is 4.79 Å². The van der Waals surface area contributed by atoms with E-state index in [9.17, 15) is 9.59 Å². The van der Waals surface area contributed by atoms with Crippen LogP contribution >= 0.6 is 0 Å². The molecule has 3 heterocycles. The van der Waals surface area contributed by atoms with Crippen LogP contribution in [-0.2, 0) is 14.1 Å². The van der Waals surface area contributed by atoms with Crippen LogP contribution in [0.4, 0.5) is 0 Å². The molecule has 0 aromatic carbocycles. The van der Waals surface area contributed by atoms with Crippen molar-refractivity contribution in [1.29, 1.82) is 0 Å². The second kappa shape index (κ2) is 5.44. The second-order valence-corrected chi connectivity index (χ2v) is 5.87. The average molecular weight is 300 g/mol. The van der Waals surface area contributed by atoms with E-state index in [-0.39, 0.29) is 17.5 Å². The van der Waals surface area contributed by atoms with Crippen molar-refractivity contribution in [2.45, 2.75) is 25.8 Å². The fraction of sp³-hybridized carbons (Fsp3) is 0.438. The number of aromatic nitrogens is 3. The molecule has 1 aliphatic heterocycles. The van der Waals surface area contributed by atoms with Gasteiger partial charge < -0.3 is 14.0 Å². The molecule has 3 rings (SSSR count). The summed E-state index contributed by atoms with van der Waals surface area (Å²) in [6.07, 6.45) is 5.46. The number of hydrogen-bond acceptors (Lipinski definition) is 3. The molecule has 1 saturated heterocycles. The zero-order valence-corrected chi connectivity index (χ0v) is 13.1. The van der Waals surface area contributed by atoms with Gasteiger partial charge in [0.15, 0.2) is 0 Å². The Balaban J connectivity index is 1.92. The van der Waals surface area contributed by atoms with E-state index in [1.165, 1.54) is 10.6 Å². The molecular weight excluding hydrogens is 280 g/mol. The lowest BCUT2D eigenvalue weighted by molar-refractivity contribution is 0.0727. The minimum Gasteiger partial charge on any atom is -0.336 e. The fourth-order valence-corrected chi connectivity index (χ4v) is 3.11. The van der Waals surface area contributed by atoms with Crippen LogP contribution in [0.15, 0.2) is 29.3 Å². The summed E-state index contributed by atoms with van der Waals surface area (Å²) in [6, 6.07) is 3.04. The van der Waals surface area contributed by atoms with Gasteiger partial charge in [-0.1, -0.05) is 0 Å². The maximum atomic E-state index is 12.8. The molecule has 0 bridgehead atoms. The molecule has 0 N–H and O–H groups in total. The Morgan fingerprint density at radius 3 is 2.64 bits per heavy atom. The summed E-state index contributed by atoms with van der Waals surface area (Å²) in [5.74, 6) is 0.881. The van der Waals surface area contributed by atoms with Crippen molar-refractivity contribution in [3.63, 3.8) is 0 Å². The standard InChI is InChI=1S/C16H20N4O2/c1-11-9-19(3)15(17-11)13-5-4-8-20(13)16(22)12-6-7-14(21)18(2)10-12/h6-7,9-10,13H,4-5,8H2,1-3H3/t13-/m0/s1. The molecule has 1 atom stereocenters. The summed E-state index contributed by atoms with van der Waals surface area (Å²) in [7, 11) is 3.62. The minimum absolute atomic E-state index is 0.00318. The number of pyridine rings is 1. The molecule has 1 fully saturated rings.